The van der Waals surface area contributed by atoms with Crippen molar-refractivity contribution in [1.82, 2.24) is 30.1 Å². The van der Waals surface area contributed by atoms with Gasteiger partial charge < -0.3 is 9.72 Å². The third-order valence-corrected chi connectivity index (χ3v) is 7.31. The van der Waals surface area contributed by atoms with Gasteiger partial charge in [0, 0.05) is 24.2 Å². The van der Waals surface area contributed by atoms with Crippen molar-refractivity contribution >= 4 is 10.9 Å². The van der Waals surface area contributed by atoms with Crippen LogP contribution in [0, 0.1) is 6.92 Å². The summed E-state index contributed by atoms with van der Waals surface area (Å²) in [7, 11) is 1.67. The molecule has 1 saturated carbocycles. The summed E-state index contributed by atoms with van der Waals surface area (Å²) in [5, 5.41) is 14.0. The average molecular weight is 487 g/mol. The lowest BCUT2D eigenvalue weighted by molar-refractivity contribution is 0.158. The molecule has 8 nitrogen and oxygen atoms in total. The smallest absolute Gasteiger partial charge is 0.252 e. The van der Waals surface area contributed by atoms with Crippen LogP contribution in [-0.2, 0) is 13.1 Å². The van der Waals surface area contributed by atoms with Crippen LogP contribution in [0.2, 0.25) is 0 Å². The number of aryl methyl sites for hydroxylation is 1. The normalized spacial score (nSPS) is 15.1. The molecule has 36 heavy (non-hydrogen) atoms. The van der Waals surface area contributed by atoms with Crippen molar-refractivity contribution in [3.05, 3.63) is 81.4 Å². The summed E-state index contributed by atoms with van der Waals surface area (Å²) < 4.78 is 7.38. The number of pyridine rings is 1. The molecular formula is C28H34N6O2. The van der Waals surface area contributed by atoms with Gasteiger partial charge in [0.25, 0.3) is 5.56 Å². The number of benzene rings is 2. The number of aromatic nitrogens is 5. The predicted octanol–water partition coefficient (Wildman–Crippen LogP) is 5.10. The highest BCUT2D eigenvalue weighted by molar-refractivity contribution is 5.79. The molecule has 1 atom stereocenters. The Bertz CT molecular complexity index is 1370. The van der Waals surface area contributed by atoms with Crippen LogP contribution in [0.1, 0.15) is 73.6 Å². The van der Waals surface area contributed by atoms with Crippen LogP contribution in [0.3, 0.4) is 0 Å². The first kappa shape index (κ1) is 24.2. The van der Waals surface area contributed by atoms with Crippen molar-refractivity contribution in [1.29, 1.82) is 0 Å². The lowest BCUT2D eigenvalue weighted by atomic mass is 10.1. The molecule has 0 aliphatic heterocycles. The molecule has 0 bridgehead atoms. The third kappa shape index (κ3) is 5.04. The number of ether oxygens (including phenoxy) is 1. The summed E-state index contributed by atoms with van der Waals surface area (Å²) in [6.07, 6.45) is 5.46. The highest BCUT2D eigenvalue weighted by Gasteiger charge is 2.29. The number of tetrazole rings is 1. The summed E-state index contributed by atoms with van der Waals surface area (Å²) in [5.41, 5.74) is 3.80. The quantitative estimate of drug-likeness (QED) is 0.354. The molecule has 1 fully saturated rings. The molecule has 0 unspecified atom stereocenters. The number of H-pyrrole nitrogens is 1. The van der Waals surface area contributed by atoms with Crippen molar-refractivity contribution in [3.8, 4) is 5.75 Å². The van der Waals surface area contributed by atoms with Gasteiger partial charge in [-0.3, -0.25) is 9.69 Å². The fraction of sp³-hybridized carbons (Fsp3) is 0.429. The van der Waals surface area contributed by atoms with Crippen molar-refractivity contribution in [3.63, 3.8) is 0 Å². The van der Waals surface area contributed by atoms with E-state index in [0.717, 1.165) is 58.4 Å². The second kappa shape index (κ2) is 10.6. The minimum atomic E-state index is -0.0573. The number of fused-ring (bicyclic) bond motifs is 1. The maximum atomic E-state index is 13.1. The van der Waals surface area contributed by atoms with E-state index in [0.29, 0.717) is 19.1 Å². The zero-order valence-electron chi connectivity index (χ0n) is 21.3. The lowest BCUT2D eigenvalue weighted by Crippen LogP contribution is -2.32. The first-order valence-electron chi connectivity index (χ1n) is 12.8. The molecule has 1 aliphatic rings. The minimum Gasteiger partial charge on any atom is -0.497 e. The van der Waals surface area contributed by atoms with Gasteiger partial charge in [0.05, 0.1) is 19.2 Å². The van der Waals surface area contributed by atoms with E-state index in [1.165, 1.54) is 12.8 Å². The number of nitrogens with one attached hydrogen (secondary N) is 1. The van der Waals surface area contributed by atoms with Gasteiger partial charge in [-0.2, -0.15) is 0 Å². The number of methoxy groups -OCH3 is 1. The maximum Gasteiger partial charge on any atom is 0.252 e. The van der Waals surface area contributed by atoms with Crippen molar-refractivity contribution in [2.75, 3.05) is 7.11 Å². The molecule has 2 heterocycles. The first-order chi connectivity index (χ1) is 17.6. The molecule has 0 spiro atoms. The van der Waals surface area contributed by atoms with Crippen LogP contribution in [0.15, 0.2) is 53.3 Å². The van der Waals surface area contributed by atoms with Crippen molar-refractivity contribution in [2.45, 2.75) is 71.1 Å². The zero-order valence-corrected chi connectivity index (χ0v) is 21.3. The second-order valence-electron chi connectivity index (χ2n) is 9.81. The molecule has 5 rings (SSSR count). The van der Waals surface area contributed by atoms with E-state index in [9.17, 15) is 4.79 Å². The molecule has 2 aromatic heterocycles. The SMILES string of the molecule is CC[C@@H](c1nnnn1C1CCCC1)N(Cc1ccc(OC)cc1)Cc1cc2ccc(C)cc2[nH]c1=O. The summed E-state index contributed by atoms with van der Waals surface area (Å²) >= 11 is 0. The van der Waals surface area contributed by atoms with E-state index in [1.807, 2.05) is 35.9 Å². The molecule has 0 radical (unpaired) electrons. The number of hydrogen-bond donors (Lipinski definition) is 1. The Balaban J connectivity index is 1.52. The number of hydrogen-bond acceptors (Lipinski definition) is 6. The van der Waals surface area contributed by atoms with Gasteiger partial charge in [-0.15, -0.1) is 5.10 Å². The maximum absolute atomic E-state index is 13.1. The summed E-state index contributed by atoms with van der Waals surface area (Å²) in [6.45, 7) is 5.34. The van der Waals surface area contributed by atoms with Gasteiger partial charge in [-0.1, -0.05) is 44.0 Å². The Labute approximate surface area is 211 Å². The molecule has 188 valence electrons. The standard InChI is InChI=1S/C28H34N6O2/c1-4-26(27-30-31-32-34(27)23-7-5-6-8-23)33(17-20-10-13-24(36-3)14-11-20)18-22-16-21-12-9-19(2)15-25(21)29-28(22)35/h9-16,23,26H,4-8,17-18H2,1-3H3,(H,29,35)/t26-/m0/s1. The van der Waals surface area contributed by atoms with Gasteiger partial charge in [0.15, 0.2) is 5.82 Å². The average Bonchev–Trinajstić information content (AvgIpc) is 3.58. The topological polar surface area (TPSA) is 88.9 Å². The molecule has 1 aliphatic carbocycles. The molecular weight excluding hydrogens is 452 g/mol. The van der Waals surface area contributed by atoms with E-state index < -0.39 is 0 Å². The Morgan fingerprint density at radius 1 is 1.11 bits per heavy atom. The van der Waals surface area contributed by atoms with Gasteiger partial charge in [-0.25, -0.2) is 4.68 Å². The van der Waals surface area contributed by atoms with Crippen LogP contribution < -0.4 is 10.3 Å². The Morgan fingerprint density at radius 3 is 2.61 bits per heavy atom. The molecule has 8 heteroatoms. The highest BCUT2D eigenvalue weighted by Crippen LogP contribution is 2.33. The number of rotatable bonds is 9. The monoisotopic (exact) mass is 486 g/mol. The number of aromatic amines is 1. The van der Waals surface area contributed by atoms with E-state index in [2.05, 4.69) is 56.6 Å². The Morgan fingerprint density at radius 2 is 1.89 bits per heavy atom. The molecule has 0 amide bonds. The minimum absolute atomic E-state index is 0.0317. The molecule has 0 saturated heterocycles. The van der Waals surface area contributed by atoms with Crippen LogP contribution >= 0.6 is 0 Å². The fourth-order valence-electron chi connectivity index (χ4n) is 5.37. The van der Waals surface area contributed by atoms with Crippen molar-refractivity contribution < 1.29 is 4.74 Å². The summed E-state index contributed by atoms with van der Waals surface area (Å²) in [4.78, 5) is 18.6. The van der Waals surface area contributed by atoms with E-state index >= 15 is 0 Å². The zero-order chi connectivity index (χ0) is 25.1. The lowest BCUT2D eigenvalue weighted by Gasteiger charge is -2.31. The largest absolute Gasteiger partial charge is 0.497 e. The number of nitrogens with zero attached hydrogens (tertiary/aromatic N) is 5. The van der Waals surface area contributed by atoms with Gasteiger partial charge in [0.2, 0.25) is 0 Å². The Kier molecular flexibility index (Phi) is 7.13. The second-order valence-corrected chi connectivity index (χ2v) is 9.81. The van der Waals surface area contributed by atoms with E-state index in [4.69, 9.17) is 4.74 Å². The van der Waals surface area contributed by atoms with E-state index in [-0.39, 0.29) is 11.6 Å². The highest BCUT2D eigenvalue weighted by atomic mass is 16.5. The van der Waals surface area contributed by atoms with Crippen LogP contribution in [0.5, 0.6) is 5.75 Å². The van der Waals surface area contributed by atoms with Gasteiger partial charge >= 0.3 is 0 Å². The molecule has 1 N–H and O–H groups in total. The van der Waals surface area contributed by atoms with E-state index in [1.54, 1.807) is 7.11 Å². The summed E-state index contributed by atoms with van der Waals surface area (Å²) in [6, 6.07) is 16.6. The first-order valence-corrected chi connectivity index (χ1v) is 12.8. The van der Waals surface area contributed by atoms with Crippen LogP contribution in [-0.4, -0.2) is 37.2 Å². The van der Waals surface area contributed by atoms with Crippen LogP contribution in [0.25, 0.3) is 10.9 Å². The summed E-state index contributed by atoms with van der Waals surface area (Å²) in [5.74, 6) is 1.70. The van der Waals surface area contributed by atoms with Crippen LogP contribution in [0.4, 0.5) is 0 Å². The third-order valence-electron chi connectivity index (χ3n) is 7.31. The molecule has 4 aromatic rings. The fourth-order valence-corrected chi connectivity index (χ4v) is 5.37. The van der Waals surface area contributed by atoms with Gasteiger partial charge in [0.1, 0.15) is 5.75 Å². The molecule has 2 aromatic carbocycles. The Hall–Kier alpha value is -3.52. The van der Waals surface area contributed by atoms with Crippen molar-refractivity contribution in [2.24, 2.45) is 0 Å². The predicted molar refractivity (Wildman–Crippen MR) is 140 cm³/mol. The van der Waals surface area contributed by atoms with Gasteiger partial charge in [-0.05, 0) is 77.4 Å².